The molecule has 0 aliphatic carbocycles. The normalized spacial score (nSPS) is 17.4. The topological polar surface area (TPSA) is 31.4 Å². The van der Waals surface area contributed by atoms with Crippen molar-refractivity contribution in [2.24, 2.45) is 5.92 Å². The highest BCUT2D eigenvalue weighted by atomic mass is 15.2. The summed E-state index contributed by atoms with van der Waals surface area (Å²) < 4.78 is 0. The summed E-state index contributed by atoms with van der Waals surface area (Å²) >= 11 is 0. The van der Waals surface area contributed by atoms with E-state index in [2.05, 4.69) is 47.2 Å². The summed E-state index contributed by atoms with van der Waals surface area (Å²) in [6.07, 6.45) is 4.60. The Labute approximate surface area is 123 Å². The van der Waals surface area contributed by atoms with Crippen LogP contribution in [0.5, 0.6) is 0 Å². The van der Waals surface area contributed by atoms with Crippen molar-refractivity contribution in [3.63, 3.8) is 0 Å². The number of pyridine rings is 1. The van der Waals surface area contributed by atoms with Crippen LogP contribution in [0.1, 0.15) is 24.0 Å². The van der Waals surface area contributed by atoms with Crippen LogP contribution in [-0.4, -0.2) is 50.7 Å². The highest BCUT2D eigenvalue weighted by molar-refractivity contribution is 5.46. The molecule has 0 unspecified atom stereocenters. The minimum Gasteiger partial charge on any atom is -0.359 e. The molecule has 0 radical (unpaired) electrons. The predicted molar refractivity (Wildman–Crippen MR) is 85.2 cm³/mol. The van der Waals surface area contributed by atoms with Crippen molar-refractivity contribution >= 4 is 5.82 Å². The van der Waals surface area contributed by atoms with E-state index in [9.17, 15) is 0 Å². The number of hydrogen-bond acceptors (Lipinski definition) is 4. The third-order valence-corrected chi connectivity index (χ3v) is 4.22. The molecular formula is C16H28N4. The standard InChI is InChI=1S/C16H28N4/c1-13-9-15(10-17-2)11-18-16(13)20(4)12-14-5-7-19(3)8-6-14/h9,11,14,17H,5-8,10,12H2,1-4H3. The van der Waals surface area contributed by atoms with Crippen LogP contribution in [0.2, 0.25) is 0 Å². The van der Waals surface area contributed by atoms with Gasteiger partial charge in [-0.05, 0) is 70.1 Å². The molecule has 0 spiro atoms. The first-order valence-corrected chi connectivity index (χ1v) is 7.60. The lowest BCUT2D eigenvalue weighted by molar-refractivity contribution is 0.222. The van der Waals surface area contributed by atoms with E-state index < -0.39 is 0 Å². The maximum absolute atomic E-state index is 4.65. The lowest BCUT2D eigenvalue weighted by atomic mass is 9.96. The first kappa shape index (κ1) is 15.3. The Morgan fingerprint density at radius 3 is 2.70 bits per heavy atom. The first-order valence-electron chi connectivity index (χ1n) is 7.60. The number of hydrogen-bond donors (Lipinski definition) is 1. The second kappa shape index (κ2) is 7.04. The van der Waals surface area contributed by atoms with E-state index in [0.29, 0.717) is 0 Å². The van der Waals surface area contributed by atoms with Crippen molar-refractivity contribution in [1.82, 2.24) is 15.2 Å². The minimum atomic E-state index is 0.800. The third kappa shape index (κ3) is 3.93. The summed E-state index contributed by atoms with van der Waals surface area (Å²) in [6.45, 7) is 6.62. The van der Waals surface area contributed by atoms with Gasteiger partial charge in [0.25, 0.3) is 0 Å². The van der Waals surface area contributed by atoms with Crippen LogP contribution in [0.3, 0.4) is 0 Å². The zero-order valence-corrected chi connectivity index (χ0v) is 13.3. The molecule has 1 aromatic rings. The molecule has 0 atom stereocenters. The molecule has 4 nitrogen and oxygen atoms in total. The number of nitrogens with one attached hydrogen (secondary N) is 1. The van der Waals surface area contributed by atoms with E-state index in [1.807, 2.05) is 13.2 Å². The molecule has 2 heterocycles. The van der Waals surface area contributed by atoms with Crippen molar-refractivity contribution in [3.8, 4) is 0 Å². The van der Waals surface area contributed by atoms with E-state index in [-0.39, 0.29) is 0 Å². The summed E-state index contributed by atoms with van der Waals surface area (Å²) in [7, 11) is 6.35. The Balaban J connectivity index is 1.96. The van der Waals surface area contributed by atoms with Gasteiger partial charge in [-0.2, -0.15) is 0 Å². The van der Waals surface area contributed by atoms with Gasteiger partial charge in [-0.15, -0.1) is 0 Å². The van der Waals surface area contributed by atoms with Gasteiger partial charge in [0.05, 0.1) is 0 Å². The molecule has 0 amide bonds. The molecule has 0 bridgehead atoms. The molecule has 4 heteroatoms. The monoisotopic (exact) mass is 276 g/mol. The van der Waals surface area contributed by atoms with Gasteiger partial charge in [0.1, 0.15) is 5.82 Å². The molecular weight excluding hydrogens is 248 g/mol. The second-order valence-electron chi connectivity index (χ2n) is 6.14. The lowest BCUT2D eigenvalue weighted by Gasteiger charge is -2.32. The SMILES string of the molecule is CNCc1cnc(N(C)CC2CCN(C)CC2)c(C)c1. The van der Waals surface area contributed by atoms with Crippen LogP contribution < -0.4 is 10.2 Å². The number of likely N-dealkylation sites (tertiary alicyclic amines) is 1. The number of nitrogens with zero attached hydrogens (tertiary/aromatic N) is 3. The fraction of sp³-hybridized carbons (Fsp3) is 0.688. The lowest BCUT2D eigenvalue weighted by Crippen LogP contribution is -2.36. The molecule has 1 aromatic heterocycles. The van der Waals surface area contributed by atoms with E-state index in [0.717, 1.165) is 24.8 Å². The third-order valence-electron chi connectivity index (χ3n) is 4.22. The minimum absolute atomic E-state index is 0.800. The van der Waals surface area contributed by atoms with E-state index in [1.165, 1.54) is 37.1 Å². The Bertz CT molecular complexity index is 424. The van der Waals surface area contributed by atoms with Gasteiger partial charge in [-0.1, -0.05) is 0 Å². The Morgan fingerprint density at radius 1 is 1.40 bits per heavy atom. The van der Waals surface area contributed by atoms with E-state index >= 15 is 0 Å². The highest BCUT2D eigenvalue weighted by Crippen LogP contribution is 2.22. The van der Waals surface area contributed by atoms with Crippen molar-refractivity contribution < 1.29 is 0 Å². The van der Waals surface area contributed by atoms with Crippen LogP contribution in [0.25, 0.3) is 0 Å². The maximum Gasteiger partial charge on any atom is 0.131 e. The van der Waals surface area contributed by atoms with Gasteiger partial charge in [0.15, 0.2) is 0 Å². The zero-order chi connectivity index (χ0) is 14.5. The van der Waals surface area contributed by atoms with E-state index in [1.54, 1.807) is 0 Å². The number of piperidine rings is 1. The quantitative estimate of drug-likeness (QED) is 0.890. The molecule has 0 saturated carbocycles. The molecule has 20 heavy (non-hydrogen) atoms. The average molecular weight is 276 g/mol. The van der Waals surface area contributed by atoms with Crippen molar-refractivity contribution in [2.75, 3.05) is 45.7 Å². The van der Waals surface area contributed by atoms with Crippen LogP contribution in [0.4, 0.5) is 5.82 Å². The van der Waals surface area contributed by atoms with Gasteiger partial charge in [-0.3, -0.25) is 0 Å². The van der Waals surface area contributed by atoms with Gasteiger partial charge >= 0.3 is 0 Å². The number of aryl methyl sites for hydroxylation is 1. The zero-order valence-electron chi connectivity index (χ0n) is 13.3. The molecule has 112 valence electrons. The van der Waals surface area contributed by atoms with Crippen LogP contribution in [0, 0.1) is 12.8 Å². The Hall–Kier alpha value is -1.13. The van der Waals surface area contributed by atoms with Gasteiger partial charge in [0.2, 0.25) is 0 Å². The summed E-state index contributed by atoms with van der Waals surface area (Å²) in [5, 5.41) is 3.17. The summed E-state index contributed by atoms with van der Waals surface area (Å²) in [6, 6.07) is 2.24. The predicted octanol–water partition coefficient (Wildman–Crippen LogP) is 1.89. The fourth-order valence-electron chi connectivity index (χ4n) is 3.04. The Morgan fingerprint density at radius 2 is 2.10 bits per heavy atom. The molecule has 0 aromatic carbocycles. The van der Waals surface area contributed by atoms with Crippen LogP contribution in [0.15, 0.2) is 12.3 Å². The summed E-state index contributed by atoms with van der Waals surface area (Å²) in [5.74, 6) is 1.93. The van der Waals surface area contributed by atoms with Crippen LogP contribution >= 0.6 is 0 Å². The fourth-order valence-corrected chi connectivity index (χ4v) is 3.04. The van der Waals surface area contributed by atoms with E-state index in [4.69, 9.17) is 0 Å². The summed E-state index contributed by atoms with van der Waals surface area (Å²) in [5.41, 5.74) is 2.52. The smallest absolute Gasteiger partial charge is 0.131 e. The van der Waals surface area contributed by atoms with Gasteiger partial charge in [-0.25, -0.2) is 4.98 Å². The molecule has 2 rings (SSSR count). The average Bonchev–Trinajstić information content (AvgIpc) is 2.42. The molecule has 1 N–H and O–H groups in total. The maximum atomic E-state index is 4.65. The molecule has 1 aliphatic rings. The van der Waals surface area contributed by atoms with Crippen molar-refractivity contribution in [3.05, 3.63) is 23.4 Å². The van der Waals surface area contributed by atoms with Crippen molar-refractivity contribution in [1.29, 1.82) is 0 Å². The largest absolute Gasteiger partial charge is 0.359 e. The van der Waals surface area contributed by atoms with Gasteiger partial charge in [0, 0.05) is 26.3 Å². The summed E-state index contributed by atoms with van der Waals surface area (Å²) in [4.78, 5) is 9.40. The first-order chi connectivity index (χ1) is 9.60. The molecule has 1 aliphatic heterocycles. The molecule has 1 fully saturated rings. The van der Waals surface area contributed by atoms with Crippen molar-refractivity contribution in [2.45, 2.75) is 26.3 Å². The Kier molecular flexibility index (Phi) is 5.38. The number of aromatic nitrogens is 1. The van der Waals surface area contributed by atoms with Crippen LogP contribution in [-0.2, 0) is 6.54 Å². The second-order valence-corrected chi connectivity index (χ2v) is 6.14. The number of rotatable bonds is 5. The number of anilines is 1. The van der Waals surface area contributed by atoms with Gasteiger partial charge < -0.3 is 15.1 Å². The highest BCUT2D eigenvalue weighted by Gasteiger charge is 2.19. The molecule has 1 saturated heterocycles.